The van der Waals surface area contributed by atoms with Crippen molar-refractivity contribution < 1.29 is 26.7 Å². The molecule has 0 saturated carbocycles. The lowest BCUT2D eigenvalue weighted by Gasteiger charge is -2.38. The third-order valence-electron chi connectivity index (χ3n) is 4.78. The van der Waals surface area contributed by atoms with Crippen molar-refractivity contribution in [1.29, 1.82) is 0 Å². The maximum absolute atomic E-state index is 14.7. The first-order chi connectivity index (χ1) is 13.3. The number of aromatic nitrogens is 1. The van der Waals surface area contributed by atoms with E-state index in [1.165, 1.54) is 35.0 Å². The highest BCUT2D eigenvalue weighted by Gasteiger charge is 2.41. The van der Waals surface area contributed by atoms with Gasteiger partial charge in [0.2, 0.25) is 0 Å². The van der Waals surface area contributed by atoms with E-state index in [0.29, 0.717) is 18.2 Å². The molecule has 1 N–H and O–H groups in total. The monoisotopic (exact) mass is 408 g/mol. The number of halogens is 3. The predicted molar refractivity (Wildman–Crippen MR) is 96.4 cm³/mol. The Bertz CT molecular complexity index is 1170. The van der Waals surface area contributed by atoms with Crippen molar-refractivity contribution in [2.75, 3.05) is 4.31 Å². The maximum atomic E-state index is 14.7. The minimum Gasteiger partial charge on any atom is -0.508 e. The molecule has 2 heterocycles. The summed E-state index contributed by atoms with van der Waals surface area (Å²) in [6, 6.07) is 7.92. The van der Waals surface area contributed by atoms with Gasteiger partial charge in [-0.1, -0.05) is 6.92 Å². The molecule has 0 fully saturated rings. The largest absolute Gasteiger partial charge is 0.508 e. The summed E-state index contributed by atoms with van der Waals surface area (Å²) in [6.07, 6.45) is 1.78. The topological polar surface area (TPSA) is 62.5 Å². The summed E-state index contributed by atoms with van der Waals surface area (Å²) in [6.45, 7) is 1.74. The Kier molecular flexibility index (Phi) is 4.15. The van der Waals surface area contributed by atoms with Gasteiger partial charge in [0, 0.05) is 18.0 Å². The molecule has 0 spiro atoms. The minimum atomic E-state index is -4.27. The molecule has 0 unspecified atom stereocenters. The molecule has 0 radical (unpaired) electrons. The van der Waals surface area contributed by atoms with E-state index in [9.17, 15) is 26.7 Å². The minimum absolute atomic E-state index is 0.127. The number of hydrogen-bond acceptors (Lipinski definition) is 3. The van der Waals surface area contributed by atoms with Gasteiger partial charge in [-0.3, -0.25) is 4.31 Å². The van der Waals surface area contributed by atoms with Crippen molar-refractivity contribution in [3.8, 4) is 11.4 Å². The average Bonchev–Trinajstić information content (AvgIpc) is 3.14. The van der Waals surface area contributed by atoms with Gasteiger partial charge in [-0.15, -0.1) is 0 Å². The summed E-state index contributed by atoms with van der Waals surface area (Å²) in [5.41, 5.74) is -0.228. The van der Waals surface area contributed by atoms with Crippen molar-refractivity contribution in [2.24, 2.45) is 0 Å². The smallest absolute Gasteiger partial charge is 0.265 e. The zero-order chi connectivity index (χ0) is 20.2. The number of aromatic hydroxyl groups is 1. The van der Waals surface area contributed by atoms with Crippen LogP contribution in [0.4, 0.5) is 18.9 Å². The number of fused-ring (bicyclic) bond motifs is 3. The maximum Gasteiger partial charge on any atom is 0.265 e. The molecule has 4 rings (SSSR count). The fraction of sp³-hybridized carbons (Fsp3) is 0.158. The Morgan fingerprint density at radius 2 is 1.75 bits per heavy atom. The van der Waals surface area contributed by atoms with Gasteiger partial charge in [0.1, 0.15) is 11.4 Å². The van der Waals surface area contributed by atoms with Gasteiger partial charge >= 0.3 is 0 Å². The lowest BCUT2D eigenvalue weighted by Crippen LogP contribution is -2.39. The van der Waals surface area contributed by atoms with E-state index in [1.54, 1.807) is 19.1 Å². The third kappa shape index (κ3) is 2.50. The van der Waals surface area contributed by atoms with Crippen LogP contribution < -0.4 is 4.31 Å². The van der Waals surface area contributed by atoms with Gasteiger partial charge < -0.3 is 9.67 Å². The zero-order valence-corrected chi connectivity index (χ0v) is 15.4. The number of rotatable bonds is 3. The Morgan fingerprint density at radius 3 is 2.39 bits per heavy atom. The molecule has 9 heteroatoms. The summed E-state index contributed by atoms with van der Waals surface area (Å²) in [5.74, 6) is -4.74. The molecule has 146 valence electrons. The molecule has 0 amide bonds. The molecule has 1 aromatic heterocycles. The van der Waals surface area contributed by atoms with Crippen LogP contribution in [0.15, 0.2) is 53.6 Å². The number of nitrogens with zero attached hydrogens (tertiary/aromatic N) is 2. The van der Waals surface area contributed by atoms with E-state index in [0.717, 1.165) is 4.31 Å². The summed E-state index contributed by atoms with van der Waals surface area (Å²) in [7, 11) is -4.27. The molecule has 28 heavy (non-hydrogen) atoms. The second-order valence-electron chi connectivity index (χ2n) is 6.38. The molecule has 5 nitrogen and oxygen atoms in total. The number of benzene rings is 2. The van der Waals surface area contributed by atoms with E-state index >= 15 is 0 Å². The van der Waals surface area contributed by atoms with Crippen LogP contribution in [-0.2, 0) is 10.0 Å². The van der Waals surface area contributed by atoms with Crippen LogP contribution in [0.2, 0.25) is 0 Å². The predicted octanol–water partition coefficient (Wildman–Crippen LogP) is 4.26. The lowest BCUT2D eigenvalue weighted by atomic mass is 10.1. The van der Waals surface area contributed by atoms with Crippen molar-refractivity contribution in [3.05, 3.63) is 71.8 Å². The normalized spacial score (nSPS) is 16.0. The summed E-state index contributed by atoms with van der Waals surface area (Å²) >= 11 is 0. The number of phenols is 1. The molecule has 2 aromatic carbocycles. The van der Waals surface area contributed by atoms with Gasteiger partial charge in [0.15, 0.2) is 17.5 Å². The van der Waals surface area contributed by atoms with E-state index in [1.807, 2.05) is 0 Å². The fourth-order valence-electron chi connectivity index (χ4n) is 3.53. The van der Waals surface area contributed by atoms with Crippen molar-refractivity contribution >= 4 is 15.7 Å². The van der Waals surface area contributed by atoms with Gasteiger partial charge in [-0.2, -0.15) is 0 Å². The Morgan fingerprint density at radius 1 is 1.07 bits per heavy atom. The first-order valence-electron chi connectivity index (χ1n) is 8.46. The van der Waals surface area contributed by atoms with Crippen LogP contribution in [0.5, 0.6) is 5.75 Å². The van der Waals surface area contributed by atoms with Crippen LogP contribution >= 0.6 is 0 Å². The van der Waals surface area contributed by atoms with Crippen molar-refractivity contribution in [2.45, 2.75) is 24.3 Å². The molecule has 0 aliphatic carbocycles. The molecule has 0 saturated heterocycles. The van der Waals surface area contributed by atoms with Crippen LogP contribution in [0.25, 0.3) is 5.69 Å². The summed E-state index contributed by atoms with van der Waals surface area (Å²) in [5, 5.41) is 9.44. The molecule has 1 atom stereocenters. The highest BCUT2D eigenvalue weighted by molar-refractivity contribution is 7.92. The van der Waals surface area contributed by atoms with Gasteiger partial charge in [0.25, 0.3) is 10.0 Å². The van der Waals surface area contributed by atoms with Crippen molar-refractivity contribution in [3.63, 3.8) is 0 Å². The Hall–Kier alpha value is -2.94. The van der Waals surface area contributed by atoms with Gasteiger partial charge in [-0.25, -0.2) is 21.6 Å². The van der Waals surface area contributed by atoms with E-state index in [-0.39, 0.29) is 22.0 Å². The Labute approximate surface area is 159 Å². The van der Waals surface area contributed by atoms with Gasteiger partial charge in [0.05, 0.1) is 16.6 Å². The second-order valence-corrected chi connectivity index (χ2v) is 8.19. The van der Waals surface area contributed by atoms with E-state index < -0.39 is 33.5 Å². The summed E-state index contributed by atoms with van der Waals surface area (Å²) in [4.78, 5) is -0.167. The van der Waals surface area contributed by atoms with Gasteiger partial charge in [-0.05, 0) is 42.8 Å². The number of phenolic OH excluding ortho intramolecular Hbond substituents is 1. The molecular formula is C19H15F3N2O3S. The second kappa shape index (κ2) is 6.30. The van der Waals surface area contributed by atoms with Crippen LogP contribution in [-0.4, -0.2) is 18.1 Å². The first kappa shape index (κ1) is 18.4. The first-order valence-corrected chi connectivity index (χ1v) is 9.90. The molecular weight excluding hydrogens is 393 g/mol. The fourth-order valence-corrected chi connectivity index (χ4v) is 5.23. The van der Waals surface area contributed by atoms with Crippen LogP contribution in [0, 0.1) is 17.5 Å². The van der Waals surface area contributed by atoms with Crippen LogP contribution in [0.3, 0.4) is 0 Å². The Balaban J connectivity index is 2.04. The third-order valence-corrected chi connectivity index (χ3v) is 6.62. The van der Waals surface area contributed by atoms with E-state index in [4.69, 9.17) is 0 Å². The molecule has 3 aromatic rings. The molecule has 1 aliphatic heterocycles. The van der Waals surface area contributed by atoms with Crippen molar-refractivity contribution in [1.82, 2.24) is 4.57 Å². The lowest BCUT2D eigenvalue weighted by molar-refractivity contribution is 0.441. The summed E-state index contributed by atoms with van der Waals surface area (Å²) < 4.78 is 71.6. The number of sulfonamides is 1. The zero-order valence-electron chi connectivity index (χ0n) is 14.6. The molecule has 1 aliphatic rings. The highest BCUT2D eigenvalue weighted by atomic mass is 32.2. The number of anilines is 1. The average molecular weight is 408 g/mol. The van der Waals surface area contributed by atoms with E-state index in [2.05, 4.69) is 0 Å². The van der Waals surface area contributed by atoms with Crippen LogP contribution in [0.1, 0.15) is 25.1 Å². The molecule has 0 bridgehead atoms. The SMILES string of the molecule is CC[C@@H]1c2cccn2-c2c(cc(F)c(F)c2F)N1S(=O)(=O)c1ccc(O)cc1. The number of hydrogen-bond donors (Lipinski definition) is 1. The highest BCUT2D eigenvalue weighted by Crippen LogP contribution is 2.45. The standard InChI is InChI=1S/C19H15F3N2O3S/c1-2-14-15-4-3-9-23(15)19-16(10-13(20)17(21)18(19)22)24(14)28(26,27)12-7-5-11(25)6-8-12/h3-10,14,25H,2H2,1H3/t14-/m1/s1. The quantitative estimate of drug-likeness (QED) is 0.659.